The standard InChI is InChI=1S/C15H17Cl2NO3/c16-13-4-1-5-14(17)15(13)21-10-11(19)9-18-7-6-12-3-2-8-20-12/h1-5,8,11,18-19H,6-7,9-10H2. The van der Waals surface area contributed by atoms with Crippen molar-refractivity contribution in [2.75, 3.05) is 19.7 Å². The van der Waals surface area contributed by atoms with E-state index in [1.165, 1.54) is 0 Å². The minimum absolute atomic E-state index is 0.122. The maximum atomic E-state index is 9.85. The third-order valence-electron chi connectivity index (χ3n) is 2.85. The molecule has 4 nitrogen and oxygen atoms in total. The van der Waals surface area contributed by atoms with Gasteiger partial charge < -0.3 is 19.6 Å². The molecule has 0 spiro atoms. The Bertz CT molecular complexity index is 526. The molecule has 0 fully saturated rings. The van der Waals surface area contributed by atoms with Gasteiger partial charge in [0.2, 0.25) is 0 Å². The molecular weight excluding hydrogens is 313 g/mol. The molecule has 1 aromatic carbocycles. The SMILES string of the molecule is OC(CNCCc1ccco1)COc1c(Cl)cccc1Cl. The number of benzene rings is 1. The Morgan fingerprint density at radius 1 is 1.19 bits per heavy atom. The Balaban J connectivity index is 1.66. The second-order valence-electron chi connectivity index (χ2n) is 4.55. The number of ether oxygens (including phenoxy) is 1. The highest BCUT2D eigenvalue weighted by Gasteiger charge is 2.10. The van der Waals surface area contributed by atoms with Crippen molar-refractivity contribution in [1.82, 2.24) is 5.32 Å². The van der Waals surface area contributed by atoms with Gasteiger partial charge in [0, 0.05) is 19.5 Å². The van der Waals surface area contributed by atoms with Crippen molar-refractivity contribution >= 4 is 23.2 Å². The topological polar surface area (TPSA) is 54.6 Å². The van der Waals surface area contributed by atoms with Crippen LogP contribution in [0.25, 0.3) is 0 Å². The van der Waals surface area contributed by atoms with Crippen LogP contribution in [0.5, 0.6) is 5.75 Å². The molecule has 0 aliphatic carbocycles. The predicted octanol–water partition coefficient (Wildman–Crippen LogP) is 3.16. The van der Waals surface area contributed by atoms with E-state index in [0.717, 1.165) is 18.7 Å². The van der Waals surface area contributed by atoms with Crippen LogP contribution >= 0.6 is 23.2 Å². The summed E-state index contributed by atoms with van der Waals surface area (Å²) in [4.78, 5) is 0. The van der Waals surface area contributed by atoms with Crippen molar-refractivity contribution < 1.29 is 14.3 Å². The van der Waals surface area contributed by atoms with E-state index in [9.17, 15) is 5.11 Å². The molecule has 1 unspecified atom stereocenters. The number of para-hydroxylation sites is 1. The summed E-state index contributed by atoms with van der Waals surface area (Å²) in [5.41, 5.74) is 0. The number of halogens is 2. The molecule has 114 valence electrons. The Kier molecular flexibility index (Phi) is 6.39. The van der Waals surface area contributed by atoms with Crippen LogP contribution in [0.15, 0.2) is 41.0 Å². The van der Waals surface area contributed by atoms with Crippen LogP contribution in [0.3, 0.4) is 0 Å². The summed E-state index contributed by atoms with van der Waals surface area (Å²) in [5, 5.41) is 13.8. The van der Waals surface area contributed by atoms with Gasteiger partial charge in [-0.05, 0) is 24.3 Å². The zero-order valence-electron chi connectivity index (χ0n) is 11.4. The van der Waals surface area contributed by atoms with Crippen LogP contribution in [-0.2, 0) is 6.42 Å². The van der Waals surface area contributed by atoms with Crippen LogP contribution in [0, 0.1) is 0 Å². The van der Waals surface area contributed by atoms with Gasteiger partial charge in [-0.2, -0.15) is 0 Å². The average molecular weight is 330 g/mol. The first kappa shape index (κ1) is 16.2. The van der Waals surface area contributed by atoms with Crippen LogP contribution < -0.4 is 10.1 Å². The summed E-state index contributed by atoms with van der Waals surface area (Å²) in [7, 11) is 0. The van der Waals surface area contributed by atoms with E-state index in [1.807, 2.05) is 12.1 Å². The number of hydrogen-bond donors (Lipinski definition) is 2. The summed E-state index contributed by atoms with van der Waals surface area (Å²) in [6.07, 6.45) is 1.77. The van der Waals surface area contributed by atoms with Crippen LogP contribution in [0.1, 0.15) is 5.76 Å². The normalized spacial score (nSPS) is 12.3. The van der Waals surface area contributed by atoms with E-state index < -0.39 is 6.10 Å². The molecule has 2 rings (SSSR count). The Morgan fingerprint density at radius 2 is 1.95 bits per heavy atom. The van der Waals surface area contributed by atoms with Crippen molar-refractivity contribution in [3.05, 3.63) is 52.4 Å². The Labute approximate surface area is 133 Å². The van der Waals surface area contributed by atoms with E-state index in [0.29, 0.717) is 22.3 Å². The molecule has 1 atom stereocenters. The van der Waals surface area contributed by atoms with Crippen LogP contribution in [-0.4, -0.2) is 30.9 Å². The lowest BCUT2D eigenvalue weighted by Crippen LogP contribution is -2.32. The van der Waals surface area contributed by atoms with Gasteiger partial charge in [-0.3, -0.25) is 0 Å². The monoisotopic (exact) mass is 329 g/mol. The molecule has 0 amide bonds. The first-order valence-corrected chi connectivity index (χ1v) is 7.40. The van der Waals surface area contributed by atoms with E-state index in [4.69, 9.17) is 32.4 Å². The average Bonchev–Trinajstić information content (AvgIpc) is 2.96. The number of hydrogen-bond acceptors (Lipinski definition) is 4. The summed E-state index contributed by atoms with van der Waals surface area (Å²) in [6.45, 7) is 1.26. The number of nitrogens with one attached hydrogen (secondary N) is 1. The molecular formula is C15H17Cl2NO3. The minimum atomic E-state index is -0.644. The first-order chi connectivity index (χ1) is 10.2. The maximum Gasteiger partial charge on any atom is 0.156 e. The van der Waals surface area contributed by atoms with Gasteiger partial charge in [-0.1, -0.05) is 29.3 Å². The fourth-order valence-corrected chi connectivity index (χ4v) is 2.30. The minimum Gasteiger partial charge on any atom is -0.488 e. The van der Waals surface area contributed by atoms with Gasteiger partial charge in [-0.25, -0.2) is 0 Å². The van der Waals surface area contributed by atoms with Crippen LogP contribution in [0.2, 0.25) is 10.0 Å². The highest BCUT2D eigenvalue weighted by Crippen LogP contribution is 2.32. The fourth-order valence-electron chi connectivity index (χ4n) is 1.79. The molecule has 1 aromatic heterocycles. The molecule has 2 N–H and O–H groups in total. The molecule has 21 heavy (non-hydrogen) atoms. The summed E-state index contributed by atoms with van der Waals surface area (Å²) in [6, 6.07) is 8.89. The lowest BCUT2D eigenvalue weighted by Gasteiger charge is -2.14. The largest absolute Gasteiger partial charge is 0.488 e. The van der Waals surface area contributed by atoms with Crippen molar-refractivity contribution in [3.8, 4) is 5.75 Å². The van der Waals surface area contributed by atoms with Crippen LogP contribution in [0.4, 0.5) is 0 Å². The lowest BCUT2D eigenvalue weighted by molar-refractivity contribution is 0.106. The summed E-state index contributed by atoms with van der Waals surface area (Å²) >= 11 is 12.0. The smallest absolute Gasteiger partial charge is 0.156 e. The van der Waals surface area contributed by atoms with Crippen molar-refractivity contribution in [2.24, 2.45) is 0 Å². The molecule has 0 bridgehead atoms. The lowest BCUT2D eigenvalue weighted by atomic mass is 10.3. The predicted molar refractivity (Wildman–Crippen MR) is 83.2 cm³/mol. The number of aliphatic hydroxyl groups is 1. The van der Waals surface area contributed by atoms with Gasteiger partial charge in [0.1, 0.15) is 18.5 Å². The number of furan rings is 1. The van der Waals surface area contributed by atoms with E-state index in [1.54, 1.807) is 24.5 Å². The summed E-state index contributed by atoms with van der Waals surface area (Å²) in [5.74, 6) is 1.31. The van der Waals surface area contributed by atoms with Gasteiger partial charge in [0.15, 0.2) is 5.75 Å². The molecule has 0 saturated carbocycles. The second-order valence-corrected chi connectivity index (χ2v) is 5.36. The van der Waals surface area contributed by atoms with Crippen molar-refractivity contribution in [1.29, 1.82) is 0 Å². The zero-order valence-corrected chi connectivity index (χ0v) is 12.9. The molecule has 0 radical (unpaired) electrons. The Morgan fingerprint density at radius 3 is 2.62 bits per heavy atom. The quantitative estimate of drug-likeness (QED) is 0.730. The Hall–Kier alpha value is -1.20. The van der Waals surface area contributed by atoms with Crippen molar-refractivity contribution in [3.63, 3.8) is 0 Å². The fraction of sp³-hybridized carbons (Fsp3) is 0.333. The first-order valence-electron chi connectivity index (χ1n) is 6.65. The third-order valence-corrected chi connectivity index (χ3v) is 3.44. The number of rotatable bonds is 8. The zero-order chi connectivity index (χ0) is 15.1. The van der Waals surface area contributed by atoms with E-state index in [-0.39, 0.29) is 6.61 Å². The molecule has 6 heteroatoms. The molecule has 0 aliphatic rings. The molecule has 2 aromatic rings. The van der Waals surface area contributed by atoms with Gasteiger partial charge in [0.25, 0.3) is 0 Å². The van der Waals surface area contributed by atoms with E-state index in [2.05, 4.69) is 5.32 Å². The molecule has 0 saturated heterocycles. The number of aliphatic hydroxyl groups excluding tert-OH is 1. The maximum absolute atomic E-state index is 9.85. The van der Waals surface area contributed by atoms with E-state index >= 15 is 0 Å². The van der Waals surface area contributed by atoms with Crippen molar-refractivity contribution in [2.45, 2.75) is 12.5 Å². The third kappa shape index (κ3) is 5.25. The van der Waals surface area contributed by atoms with Gasteiger partial charge in [0.05, 0.1) is 16.3 Å². The summed E-state index contributed by atoms with van der Waals surface area (Å²) < 4.78 is 10.7. The molecule has 1 heterocycles. The highest BCUT2D eigenvalue weighted by atomic mass is 35.5. The highest BCUT2D eigenvalue weighted by molar-refractivity contribution is 6.37. The molecule has 0 aliphatic heterocycles. The van der Waals surface area contributed by atoms with Gasteiger partial charge >= 0.3 is 0 Å². The van der Waals surface area contributed by atoms with Gasteiger partial charge in [-0.15, -0.1) is 0 Å². The second kappa shape index (κ2) is 8.29.